The van der Waals surface area contributed by atoms with Gasteiger partial charge in [-0.1, -0.05) is 11.3 Å². The van der Waals surface area contributed by atoms with E-state index in [9.17, 15) is 13.2 Å². The minimum Gasteiger partial charge on any atom is -0.243 e. The summed E-state index contributed by atoms with van der Waals surface area (Å²) < 4.78 is 36.8. The van der Waals surface area contributed by atoms with Crippen molar-refractivity contribution in [3.8, 4) is 0 Å². The molecule has 2 nitrogen and oxygen atoms in total. The molecule has 0 bridgehead atoms. The molecule has 0 aliphatic heterocycles. The molecule has 2 aromatic rings. The average Bonchev–Trinajstić information content (AvgIpc) is 2.41. The van der Waals surface area contributed by atoms with Gasteiger partial charge in [0.05, 0.1) is 10.6 Å². The van der Waals surface area contributed by atoms with E-state index in [1.54, 1.807) is 6.92 Å². The van der Waals surface area contributed by atoms with Gasteiger partial charge in [0.15, 0.2) is 0 Å². The van der Waals surface area contributed by atoms with Crippen LogP contribution in [-0.2, 0) is 6.18 Å². The summed E-state index contributed by atoms with van der Waals surface area (Å²) in [7, 11) is 0. The number of nitrogens with zero attached hydrogens (tertiary/aromatic N) is 2. The molecule has 0 atom stereocenters. The Bertz CT molecular complexity index is 475. The van der Waals surface area contributed by atoms with Crippen molar-refractivity contribution in [2.75, 3.05) is 0 Å². The van der Waals surface area contributed by atoms with Gasteiger partial charge in [-0.05, 0) is 13.0 Å². The highest BCUT2D eigenvalue weighted by molar-refractivity contribution is 7.18. The molecule has 2 heterocycles. The zero-order valence-corrected chi connectivity index (χ0v) is 7.91. The van der Waals surface area contributed by atoms with Crippen LogP contribution in [0.25, 0.3) is 10.3 Å². The minimum absolute atomic E-state index is 0.308. The van der Waals surface area contributed by atoms with Gasteiger partial charge >= 0.3 is 6.18 Å². The van der Waals surface area contributed by atoms with Crippen LogP contribution in [0.2, 0.25) is 0 Å². The molecule has 74 valence electrons. The topological polar surface area (TPSA) is 25.8 Å². The Labute approximate surface area is 81.4 Å². The lowest BCUT2D eigenvalue weighted by Gasteiger charge is -2.04. The van der Waals surface area contributed by atoms with Gasteiger partial charge in [0.2, 0.25) is 0 Å². The number of halogens is 3. The van der Waals surface area contributed by atoms with Crippen LogP contribution in [0.15, 0.2) is 12.3 Å². The molecule has 0 fully saturated rings. The Morgan fingerprint density at radius 3 is 2.71 bits per heavy atom. The molecule has 6 heteroatoms. The fourth-order valence-electron chi connectivity index (χ4n) is 1.09. The van der Waals surface area contributed by atoms with E-state index in [0.717, 1.165) is 12.3 Å². The Hall–Kier alpha value is -1.17. The lowest BCUT2D eigenvalue weighted by molar-refractivity contribution is -0.137. The molecular formula is C8H5F3N2S. The fraction of sp³-hybridized carbons (Fsp3) is 0.250. The molecule has 0 saturated carbocycles. The number of thiazole rings is 1. The number of aromatic nitrogens is 2. The summed E-state index contributed by atoms with van der Waals surface area (Å²) in [5.74, 6) is 0. The Balaban J connectivity index is 2.62. The first kappa shape index (κ1) is 9.39. The largest absolute Gasteiger partial charge is 0.417 e. The molecule has 14 heavy (non-hydrogen) atoms. The van der Waals surface area contributed by atoms with Crippen molar-refractivity contribution < 1.29 is 13.2 Å². The highest BCUT2D eigenvalue weighted by Gasteiger charge is 2.31. The summed E-state index contributed by atoms with van der Waals surface area (Å²) in [5.41, 5.74) is -0.447. The Morgan fingerprint density at radius 2 is 2.07 bits per heavy atom. The first-order chi connectivity index (χ1) is 6.47. The first-order valence-electron chi connectivity index (χ1n) is 3.77. The van der Waals surface area contributed by atoms with Crippen molar-refractivity contribution in [2.45, 2.75) is 13.1 Å². The van der Waals surface area contributed by atoms with Gasteiger partial charge in [0.25, 0.3) is 0 Å². The van der Waals surface area contributed by atoms with E-state index in [1.165, 1.54) is 11.3 Å². The smallest absolute Gasteiger partial charge is 0.243 e. The SMILES string of the molecule is Cc1nc2cc(C(F)(F)F)cnc2s1. The third kappa shape index (κ3) is 1.57. The quantitative estimate of drug-likeness (QED) is 0.679. The number of hydrogen-bond acceptors (Lipinski definition) is 3. The minimum atomic E-state index is -4.35. The predicted octanol–water partition coefficient (Wildman–Crippen LogP) is 3.02. The van der Waals surface area contributed by atoms with Crippen LogP contribution in [-0.4, -0.2) is 9.97 Å². The molecule has 0 radical (unpaired) electrons. The zero-order chi connectivity index (χ0) is 10.3. The number of hydrogen-bond donors (Lipinski definition) is 0. The molecule has 0 spiro atoms. The predicted molar refractivity (Wildman–Crippen MR) is 47.2 cm³/mol. The number of rotatable bonds is 0. The molecule has 2 rings (SSSR count). The van der Waals surface area contributed by atoms with Gasteiger partial charge in [0, 0.05) is 6.20 Å². The molecule has 0 amide bonds. The van der Waals surface area contributed by atoms with Crippen LogP contribution >= 0.6 is 11.3 Å². The van der Waals surface area contributed by atoms with Crippen molar-refractivity contribution in [1.82, 2.24) is 9.97 Å². The number of aryl methyl sites for hydroxylation is 1. The highest BCUT2D eigenvalue weighted by Crippen LogP contribution is 2.31. The van der Waals surface area contributed by atoms with Crippen molar-refractivity contribution in [1.29, 1.82) is 0 Å². The van der Waals surface area contributed by atoms with Crippen LogP contribution in [0.3, 0.4) is 0 Å². The molecule has 0 unspecified atom stereocenters. The van der Waals surface area contributed by atoms with Gasteiger partial charge in [0.1, 0.15) is 10.3 Å². The van der Waals surface area contributed by atoms with E-state index < -0.39 is 11.7 Å². The maximum atomic E-state index is 12.3. The second-order valence-electron chi connectivity index (χ2n) is 2.78. The zero-order valence-electron chi connectivity index (χ0n) is 7.09. The summed E-state index contributed by atoms with van der Waals surface area (Å²) in [5, 5.41) is 0.715. The van der Waals surface area contributed by atoms with Crippen LogP contribution in [0.4, 0.5) is 13.2 Å². The van der Waals surface area contributed by atoms with Gasteiger partial charge in [-0.15, -0.1) is 0 Å². The summed E-state index contributed by atoms with van der Waals surface area (Å²) >= 11 is 1.28. The van der Waals surface area contributed by atoms with E-state index in [-0.39, 0.29) is 0 Å². The second-order valence-corrected chi connectivity index (χ2v) is 3.96. The third-order valence-electron chi connectivity index (χ3n) is 1.68. The van der Waals surface area contributed by atoms with Crippen molar-refractivity contribution in [3.05, 3.63) is 22.8 Å². The number of alkyl halides is 3. The summed E-state index contributed by atoms with van der Waals surface area (Å²) in [6.07, 6.45) is -3.52. The number of fused-ring (bicyclic) bond motifs is 1. The monoisotopic (exact) mass is 218 g/mol. The maximum Gasteiger partial charge on any atom is 0.417 e. The van der Waals surface area contributed by atoms with Gasteiger partial charge in [-0.3, -0.25) is 0 Å². The van der Waals surface area contributed by atoms with Crippen LogP contribution in [0.1, 0.15) is 10.6 Å². The van der Waals surface area contributed by atoms with Gasteiger partial charge in [-0.25, -0.2) is 9.97 Å². The van der Waals surface area contributed by atoms with Crippen LogP contribution in [0.5, 0.6) is 0 Å². The standard InChI is InChI=1S/C8H5F3N2S/c1-4-13-6-2-5(8(9,10)11)3-12-7(6)14-4/h2-3H,1H3. The van der Waals surface area contributed by atoms with E-state index >= 15 is 0 Å². The van der Waals surface area contributed by atoms with Gasteiger partial charge in [-0.2, -0.15) is 13.2 Å². The third-order valence-corrected chi connectivity index (χ3v) is 2.58. The van der Waals surface area contributed by atoms with E-state index in [4.69, 9.17) is 0 Å². The Morgan fingerprint density at radius 1 is 1.36 bits per heavy atom. The molecule has 0 N–H and O–H groups in total. The summed E-state index contributed by atoms with van der Waals surface area (Å²) in [4.78, 5) is 8.19. The highest BCUT2D eigenvalue weighted by atomic mass is 32.1. The molecule has 2 aromatic heterocycles. The first-order valence-corrected chi connectivity index (χ1v) is 4.59. The Kier molecular flexibility index (Phi) is 1.95. The molecule has 0 saturated heterocycles. The summed E-state index contributed by atoms with van der Waals surface area (Å²) in [6.45, 7) is 1.74. The molecule has 0 aliphatic carbocycles. The molecular weight excluding hydrogens is 213 g/mol. The van der Waals surface area contributed by atoms with E-state index in [0.29, 0.717) is 15.4 Å². The van der Waals surface area contributed by atoms with Gasteiger partial charge < -0.3 is 0 Å². The van der Waals surface area contributed by atoms with Crippen LogP contribution < -0.4 is 0 Å². The maximum absolute atomic E-state index is 12.3. The van der Waals surface area contributed by atoms with Crippen LogP contribution in [0, 0.1) is 6.92 Å². The van der Waals surface area contributed by atoms with E-state index in [2.05, 4.69) is 9.97 Å². The molecule has 0 aliphatic rings. The molecule has 0 aromatic carbocycles. The lowest BCUT2D eigenvalue weighted by Crippen LogP contribution is -2.04. The van der Waals surface area contributed by atoms with E-state index in [1.807, 2.05) is 0 Å². The lowest BCUT2D eigenvalue weighted by atomic mass is 10.3. The van der Waals surface area contributed by atoms with Crippen molar-refractivity contribution >= 4 is 21.7 Å². The number of pyridine rings is 1. The van der Waals surface area contributed by atoms with Crippen molar-refractivity contribution in [3.63, 3.8) is 0 Å². The fourth-order valence-corrected chi connectivity index (χ4v) is 1.83. The second kappa shape index (κ2) is 2.91. The summed E-state index contributed by atoms with van der Waals surface area (Å²) in [6, 6.07) is 1.02. The average molecular weight is 218 g/mol. The van der Waals surface area contributed by atoms with Crippen molar-refractivity contribution in [2.24, 2.45) is 0 Å². The normalized spacial score (nSPS) is 12.3.